The Morgan fingerprint density at radius 2 is 1.92 bits per heavy atom. The lowest BCUT2D eigenvalue weighted by Gasteiger charge is -2.20. The summed E-state index contributed by atoms with van der Waals surface area (Å²) in [5.41, 5.74) is -2.29. The number of halogens is 3. The second-order valence-electron chi connectivity index (χ2n) is 5.51. The fourth-order valence-corrected chi connectivity index (χ4v) is 2.43. The summed E-state index contributed by atoms with van der Waals surface area (Å²) in [4.78, 5) is 37.8. The zero-order valence-electron chi connectivity index (χ0n) is 13.6. The van der Waals surface area contributed by atoms with Gasteiger partial charge in [0, 0.05) is 17.6 Å². The van der Waals surface area contributed by atoms with Crippen molar-refractivity contribution in [2.75, 3.05) is 6.61 Å². The highest BCUT2D eigenvalue weighted by atomic mass is 19.3. The molecule has 0 radical (unpaired) electrons. The molecule has 0 N–H and O–H groups in total. The number of carbonyl (C=O) groups excluding carboxylic acids is 2. The maximum Gasteiger partial charge on any atom is 0.384 e. The van der Waals surface area contributed by atoms with Gasteiger partial charge in [0.25, 0.3) is 0 Å². The summed E-state index contributed by atoms with van der Waals surface area (Å²) in [7, 11) is 0. The maximum atomic E-state index is 14.4. The van der Waals surface area contributed by atoms with Crippen molar-refractivity contribution < 1.29 is 32.6 Å². The Morgan fingerprint density at radius 3 is 2.48 bits per heavy atom. The topological polar surface area (TPSA) is 74.6 Å². The molecule has 0 aliphatic carbocycles. The van der Waals surface area contributed by atoms with E-state index in [1.807, 2.05) is 0 Å². The molecule has 0 bridgehead atoms. The Kier molecular flexibility index (Phi) is 5.15. The summed E-state index contributed by atoms with van der Waals surface area (Å²) in [6.07, 6.45) is 0.846. The van der Waals surface area contributed by atoms with Crippen LogP contribution < -0.4 is 5.43 Å². The number of nitrogens with zero attached hydrogens (tertiary/aromatic N) is 1. The summed E-state index contributed by atoms with van der Waals surface area (Å²) in [6, 6.07) is 0.273. The van der Waals surface area contributed by atoms with Crippen LogP contribution in [0.2, 0.25) is 0 Å². The number of hydrogen-bond donors (Lipinski definition) is 0. The first-order valence-corrected chi connectivity index (χ1v) is 7.18. The standard InChI is InChI=1S/C16H14F3NO5/c1-7-4-10-14(13(18)12(7)17)20(8(2)6-24-9(3)21)5-11(15(10)22)16(23)25-19/h4-5,8H,6H2,1-3H3. The molecule has 1 heterocycles. The molecule has 2 aromatic rings. The lowest BCUT2D eigenvalue weighted by atomic mass is 10.1. The Morgan fingerprint density at radius 1 is 1.28 bits per heavy atom. The van der Waals surface area contributed by atoms with Gasteiger partial charge in [0.05, 0.1) is 16.9 Å². The predicted octanol–water partition coefficient (Wildman–Crippen LogP) is 2.75. The Labute approximate surface area is 139 Å². The summed E-state index contributed by atoms with van der Waals surface area (Å²) >= 11 is 0. The van der Waals surface area contributed by atoms with Crippen molar-refractivity contribution in [2.24, 2.45) is 0 Å². The molecule has 0 spiro atoms. The van der Waals surface area contributed by atoms with Gasteiger partial charge in [-0.1, -0.05) is 0 Å². The minimum atomic E-state index is -1.57. The molecule has 0 saturated heterocycles. The van der Waals surface area contributed by atoms with E-state index in [0.717, 1.165) is 23.8 Å². The van der Waals surface area contributed by atoms with E-state index in [1.54, 1.807) is 0 Å². The molecule has 134 valence electrons. The van der Waals surface area contributed by atoms with Gasteiger partial charge >= 0.3 is 11.9 Å². The quantitative estimate of drug-likeness (QED) is 0.787. The first-order valence-electron chi connectivity index (χ1n) is 7.18. The second kappa shape index (κ2) is 6.96. The molecule has 9 heteroatoms. The number of benzene rings is 1. The monoisotopic (exact) mass is 357 g/mol. The van der Waals surface area contributed by atoms with Crippen LogP contribution in [0.5, 0.6) is 0 Å². The number of aryl methyl sites for hydroxylation is 1. The highest BCUT2D eigenvalue weighted by molar-refractivity contribution is 5.93. The van der Waals surface area contributed by atoms with Crippen molar-refractivity contribution in [1.29, 1.82) is 0 Å². The van der Waals surface area contributed by atoms with Crippen LogP contribution in [0.25, 0.3) is 10.9 Å². The van der Waals surface area contributed by atoms with Crippen LogP contribution in [0.3, 0.4) is 0 Å². The first-order chi connectivity index (χ1) is 11.7. The number of carbonyl (C=O) groups is 2. The van der Waals surface area contributed by atoms with Gasteiger partial charge in [-0.3, -0.25) is 9.59 Å². The van der Waals surface area contributed by atoms with Gasteiger partial charge in [-0.2, -0.15) is 0 Å². The Bertz CT molecular complexity index is 922. The van der Waals surface area contributed by atoms with E-state index in [-0.39, 0.29) is 17.6 Å². The van der Waals surface area contributed by atoms with Gasteiger partial charge in [-0.25, -0.2) is 18.5 Å². The number of pyridine rings is 1. The molecular formula is C16H14F3NO5. The molecular weight excluding hydrogens is 343 g/mol. The number of rotatable bonds is 4. The molecule has 0 amide bonds. The SMILES string of the molecule is CC(=O)OCC(C)n1cc(C(=O)OF)c(=O)c2cc(C)c(F)c(F)c21. The third kappa shape index (κ3) is 3.35. The van der Waals surface area contributed by atoms with Gasteiger partial charge in [-0.15, -0.1) is 0 Å². The van der Waals surface area contributed by atoms with Crippen LogP contribution in [-0.2, 0) is 14.5 Å². The summed E-state index contributed by atoms with van der Waals surface area (Å²) in [5, 5.41) is -0.325. The number of esters is 1. The molecule has 0 fully saturated rings. The van der Waals surface area contributed by atoms with E-state index < -0.39 is 46.1 Å². The van der Waals surface area contributed by atoms with Crippen molar-refractivity contribution in [3.63, 3.8) is 0 Å². The Hall–Kier alpha value is -2.84. The third-order valence-electron chi connectivity index (χ3n) is 3.67. The van der Waals surface area contributed by atoms with Crippen LogP contribution in [0.4, 0.5) is 13.3 Å². The molecule has 0 saturated carbocycles. The summed E-state index contributed by atoms with van der Waals surface area (Å²) in [6.45, 7) is 3.64. The maximum absolute atomic E-state index is 14.4. The van der Waals surface area contributed by atoms with E-state index in [2.05, 4.69) is 4.94 Å². The molecule has 1 aromatic heterocycles. The zero-order valence-corrected chi connectivity index (χ0v) is 13.6. The predicted molar refractivity (Wildman–Crippen MR) is 80.7 cm³/mol. The van der Waals surface area contributed by atoms with E-state index in [0.29, 0.717) is 0 Å². The minimum absolute atomic E-state index is 0.160. The molecule has 2 rings (SSSR count). The highest BCUT2D eigenvalue weighted by Crippen LogP contribution is 2.25. The van der Waals surface area contributed by atoms with E-state index in [4.69, 9.17) is 4.74 Å². The van der Waals surface area contributed by atoms with E-state index in [9.17, 15) is 27.7 Å². The van der Waals surface area contributed by atoms with Gasteiger partial charge in [0.15, 0.2) is 11.6 Å². The second-order valence-corrected chi connectivity index (χ2v) is 5.51. The van der Waals surface area contributed by atoms with E-state index >= 15 is 0 Å². The van der Waals surface area contributed by atoms with Crippen LogP contribution in [-0.4, -0.2) is 23.1 Å². The largest absolute Gasteiger partial charge is 0.464 e. The molecule has 1 unspecified atom stereocenters. The van der Waals surface area contributed by atoms with Gasteiger partial charge in [0.1, 0.15) is 12.2 Å². The Balaban J connectivity index is 2.83. The average Bonchev–Trinajstić information content (AvgIpc) is 2.57. The lowest BCUT2D eigenvalue weighted by Crippen LogP contribution is -2.24. The fourth-order valence-electron chi connectivity index (χ4n) is 2.43. The van der Waals surface area contributed by atoms with Crippen LogP contribution in [0.15, 0.2) is 17.1 Å². The van der Waals surface area contributed by atoms with Crippen LogP contribution in [0.1, 0.15) is 35.8 Å². The normalized spacial score (nSPS) is 12.1. The van der Waals surface area contributed by atoms with Gasteiger partial charge < -0.3 is 9.30 Å². The van der Waals surface area contributed by atoms with Crippen molar-refractivity contribution in [3.8, 4) is 0 Å². The molecule has 0 aliphatic heterocycles. The number of hydrogen-bond acceptors (Lipinski definition) is 5. The van der Waals surface area contributed by atoms with Gasteiger partial charge in [-0.05, 0) is 25.5 Å². The molecule has 6 nitrogen and oxygen atoms in total. The first kappa shape index (κ1) is 18.5. The smallest absolute Gasteiger partial charge is 0.384 e. The number of aromatic nitrogens is 1. The van der Waals surface area contributed by atoms with Crippen LogP contribution >= 0.6 is 0 Å². The number of fused-ring (bicyclic) bond motifs is 1. The van der Waals surface area contributed by atoms with Crippen molar-refractivity contribution in [2.45, 2.75) is 26.8 Å². The van der Waals surface area contributed by atoms with Crippen LogP contribution in [0, 0.1) is 18.6 Å². The van der Waals surface area contributed by atoms with Crippen molar-refractivity contribution in [3.05, 3.63) is 45.2 Å². The molecule has 1 aromatic carbocycles. The van der Waals surface area contributed by atoms with Gasteiger partial charge in [0.2, 0.25) is 5.43 Å². The van der Waals surface area contributed by atoms with Crippen molar-refractivity contribution in [1.82, 2.24) is 4.57 Å². The summed E-state index contributed by atoms with van der Waals surface area (Å²) < 4.78 is 46.5. The van der Waals surface area contributed by atoms with E-state index in [1.165, 1.54) is 13.8 Å². The zero-order chi connectivity index (χ0) is 18.9. The number of ether oxygens (including phenoxy) is 1. The highest BCUT2D eigenvalue weighted by Gasteiger charge is 2.24. The molecule has 1 atom stereocenters. The summed E-state index contributed by atoms with van der Waals surface area (Å²) in [5.74, 6) is -4.64. The molecule has 25 heavy (non-hydrogen) atoms. The third-order valence-corrected chi connectivity index (χ3v) is 3.67. The van der Waals surface area contributed by atoms with Crippen molar-refractivity contribution >= 4 is 22.8 Å². The average molecular weight is 357 g/mol. The molecule has 0 aliphatic rings. The minimum Gasteiger partial charge on any atom is -0.464 e. The fraction of sp³-hybridized carbons (Fsp3) is 0.312. The lowest BCUT2D eigenvalue weighted by molar-refractivity contribution is -0.141.